The number of anilines is 1. The zero-order valence-corrected chi connectivity index (χ0v) is 12.2. The van der Waals surface area contributed by atoms with Gasteiger partial charge in [0.1, 0.15) is 11.6 Å². The van der Waals surface area contributed by atoms with E-state index >= 15 is 0 Å². The first-order valence-electron chi connectivity index (χ1n) is 7.27. The number of hydrogen-bond acceptors (Lipinski definition) is 5. The highest BCUT2D eigenvalue weighted by molar-refractivity contribution is 5.60. The van der Waals surface area contributed by atoms with Crippen molar-refractivity contribution in [2.75, 3.05) is 18.0 Å². The Morgan fingerprint density at radius 3 is 2.86 bits per heavy atom. The molecule has 1 aliphatic carbocycles. The molecule has 0 aromatic heterocycles. The molecule has 1 aliphatic rings. The van der Waals surface area contributed by atoms with Gasteiger partial charge in [-0.05, 0) is 44.4 Å². The van der Waals surface area contributed by atoms with Crippen molar-refractivity contribution in [3.05, 3.63) is 33.9 Å². The Morgan fingerprint density at radius 1 is 1.52 bits per heavy atom. The number of nitro benzene ring substituents is 1. The van der Waals surface area contributed by atoms with Crippen molar-refractivity contribution in [2.24, 2.45) is 11.7 Å². The van der Waals surface area contributed by atoms with E-state index in [0.717, 1.165) is 31.5 Å². The molecule has 2 unspecified atom stereocenters. The highest BCUT2D eigenvalue weighted by Crippen LogP contribution is 2.34. The Labute approximate surface area is 124 Å². The van der Waals surface area contributed by atoms with Gasteiger partial charge < -0.3 is 10.6 Å². The molecule has 112 valence electrons. The summed E-state index contributed by atoms with van der Waals surface area (Å²) in [5, 5.41) is 20.0. The van der Waals surface area contributed by atoms with Crippen molar-refractivity contribution in [1.29, 1.82) is 5.26 Å². The molecular formula is C15H20N4O2. The van der Waals surface area contributed by atoms with Crippen LogP contribution in [0.1, 0.15) is 31.7 Å². The zero-order chi connectivity index (χ0) is 15.4. The number of hydrogen-bond donors (Lipinski definition) is 1. The number of nitrogens with two attached hydrogens (primary N) is 1. The summed E-state index contributed by atoms with van der Waals surface area (Å²) in [6.45, 7) is 3.50. The standard InChI is InChI=1S/C15H20N4O2/c1-2-18(14-5-3-4-11(14)9-16)13-6-7-15(19(20)21)12(8-13)10-17/h6-8,11,14H,2-5,9,16H2,1H3. The first-order chi connectivity index (χ1) is 10.1. The van der Waals surface area contributed by atoms with Crippen LogP contribution in [0.5, 0.6) is 0 Å². The van der Waals surface area contributed by atoms with E-state index in [-0.39, 0.29) is 11.3 Å². The van der Waals surface area contributed by atoms with E-state index in [0.29, 0.717) is 18.5 Å². The molecule has 0 bridgehead atoms. The number of nitro groups is 1. The van der Waals surface area contributed by atoms with Gasteiger partial charge in [0.2, 0.25) is 0 Å². The molecule has 21 heavy (non-hydrogen) atoms. The summed E-state index contributed by atoms with van der Waals surface area (Å²) in [5.41, 5.74) is 6.68. The highest BCUT2D eigenvalue weighted by Gasteiger charge is 2.31. The molecule has 2 N–H and O–H groups in total. The summed E-state index contributed by atoms with van der Waals surface area (Å²) in [6, 6.07) is 7.04. The van der Waals surface area contributed by atoms with Gasteiger partial charge >= 0.3 is 0 Å². The Hall–Kier alpha value is -2.13. The van der Waals surface area contributed by atoms with Gasteiger partial charge in [0.05, 0.1) is 4.92 Å². The van der Waals surface area contributed by atoms with Gasteiger partial charge in [-0.15, -0.1) is 0 Å². The van der Waals surface area contributed by atoms with Crippen LogP contribution in [-0.4, -0.2) is 24.1 Å². The first kappa shape index (κ1) is 15.3. The molecule has 1 saturated carbocycles. The average molecular weight is 288 g/mol. The van der Waals surface area contributed by atoms with E-state index in [1.807, 2.05) is 6.07 Å². The molecule has 2 rings (SSSR count). The lowest BCUT2D eigenvalue weighted by molar-refractivity contribution is -0.385. The van der Waals surface area contributed by atoms with Crippen LogP contribution in [-0.2, 0) is 0 Å². The van der Waals surface area contributed by atoms with E-state index in [4.69, 9.17) is 11.0 Å². The lowest BCUT2D eigenvalue weighted by Gasteiger charge is -2.34. The molecule has 6 nitrogen and oxygen atoms in total. The minimum absolute atomic E-state index is 0.109. The predicted octanol–water partition coefficient (Wildman–Crippen LogP) is 2.42. The third kappa shape index (κ3) is 2.98. The van der Waals surface area contributed by atoms with E-state index in [2.05, 4.69) is 11.8 Å². The molecule has 0 amide bonds. The minimum Gasteiger partial charge on any atom is -0.368 e. The van der Waals surface area contributed by atoms with Crippen LogP contribution in [0.3, 0.4) is 0 Å². The van der Waals surface area contributed by atoms with Crippen LogP contribution in [0.15, 0.2) is 18.2 Å². The molecule has 6 heteroatoms. The maximum Gasteiger partial charge on any atom is 0.287 e. The average Bonchev–Trinajstić information content (AvgIpc) is 2.96. The van der Waals surface area contributed by atoms with Crippen LogP contribution in [0, 0.1) is 27.4 Å². The number of nitrogens with zero attached hydrogens (tertiary/aromatic N) is 3. The van der Waals surface area contributed by atoms with Crippen LogP contribution in [0.4, 0.5) is 11.4 Å². The molecule has 0 spiro atoms. The Balaban J connectivity index is 2.35. The molecule has 1 aromatic carbocycles. The second-order valence-electron chi connectivity index (χ2n) is 5.35. The summed E-state index contributed by atoms with van der Waals surface area (Å²) in [6.07, 6.45) is 3.35. The smallest absolute Gasteiger partial charge is 0.287 e. The van der Waals surface area contributed by atoms with Gasteiger partial charge in [-0.25, -0.2) is 0 Å². The highest BCUT2D eigenvalue weighted by atomic mass is 16.6. The van der Waals surface area contributed by atoms with Gasteiger partial charge in [-0.3, -0.25) is 10.1 Å². The van der Waals surface area contributed by atoms with Crippen LogP contribution in [0.2, 0.25) is 0 Å². The van der Waals surface area contributed by atoms with Crippen molar-refractivity contribution in [3.63, 3.8) is 0 Å². The quantitative estimate of drug-likeness (QED) is 0.663. The topological polar surface area (TPSA) is 96.2 Å². The number of rotatable bonds is 5. The van der Waals surface area contributed by atoms with Gasteiger partial charge in [0, 0.05) is 24.3 Å². The fourth-order valence-electron chi connectivity index (χ4n) is 3.26. The summed E-state index contributed by atoms with van der Waals surface area (Å²) in [5.74, 6) is 0.450. The van der Waals surface area contributed by atoms with Crippen LogP contribution < -0.4 is 10.6 Å². The SMILES string of the molecule is CCN(c1ccc([N+](=O)[O-])c(C#N)c1)C1CCCC1CN. The predicted molar refractivity (Wildman–Crippen MR) is 81.0 cm³/mol. The Morgan fingerprint density at radius 2 is 2.29 bits per heavy atom. The monoisotopic (exact) mass is 288 g/mol. The molecule has 0 saturated heterocycles. The Bertz CT molecular complexity index is 567. The molecular weight excluding hydrogens is 268 g/mol. The second-order valence-corrected chi connectivity index (χ2v) is 5.35. The summed E-state index contributed by atoms with van der Waals surface area (Å²) < 4.78 is 0. The summed E-state index contributed by atoms with van der Waals surface area (Å²) in [4.78, 5) is 12.6. The van der Waals surface area contributed by atoms with Gasteiger partial charge in [-0.1, -0.05) is 6.42 Å². The van der Waals surface area contributed by atoms with Crippen molar-refractivity contribution in [2.45, 2.75) is 32.2 Å². The Kier molecular flexibility index (Phi) is 4.76. The second kappa shape index (κ2) is 6.55. The van der Waals surface area contributed by atoms with Crippen molar-refractivity contribution < 1.29 is 4.92 Å². The van der Waals surface area contributed by atoms with Gasteiger partial charge in [0.15, 0.2) is 0 Å². The van der Waals surface area contributed by atoms with E-state index in [1.165, 1.54) is 6.07 Å². The molecule has 0 radical (unpaired) electrons. The fourth-order valence-corrected chi connectivity index (χ4v) is 3.26. The third-order valence-corrected chi connectivity index (χ3v) is 4.29. The maximum atomic E-state index is 10.9. The number of benzene rings is 1. The maximum absolute atomic E-state index is 10.9. The van der Waals surface area contributed by atoms with E-state index < -0.39 is 4.92 Å². The first-order valence-corrected chi connectivity index (χ1v) is 7.27. The van der Waals surface area contributed by atoms with Crippen molar-refractivity contribution >= 4 is 11.4 Å². The summed E-state index contributed by atoms with van der Waals surface area (Å²) in [7, 11) is 0. The van der Waals surface area contributed by atoms with Gasteiger partial charge in [0.25, 0.3) is 5.69 Å². The summed E-state index contributed by atoms with van der Waals surface area (Å²) >= 11 is 0. The van der Waals surface area contributed by atoms with Gasteiger partial charge in [-0.2, -0.15) is 5.26 Å². The zero-order valence-electron chi connectivity index (χ0n) is 12.2. The molecule has 0 heterocycles. The lowest BCUT2D eigenvalue weighted by atomic mass is 10.0. The molecule has 0 aliphatic heterocycles. The van der Waals surface area contributed by atoms with E-state index in [9.17, 15) is 10.1 Å². The number of nitriles is 1. The third-order valence-electron chi connectivity index (χ3n) is 4.29. The van der Waals surface area contributed by atoms with E-state index in [1.54, 1.807) is 12.1 Å². The lowest BCUT2D eigenvalue weighted by Crippen LogP contribution is -2.40. The molecule has 1 fully saturated rings. The van der Waals surface area contributed by atoms with Crippen molar-refractivity contribution in [3.8, 4) is 6.07 Å². The minimum atomic E-state index is -0.517. The normalized spacial score (nSPS) is 21.0. The fraction of sp³-hybridized carbons (Fsp3) is 0.533. The molecule has 1 aromatic rings. The molecule has 2 atom stereocenters. The van der Waals surface area contributed by atoms with Crippen LogP contribution in [0.25, 0.3) is 0 Å². The largest absolute Gasteiger partial charge is 0.368 e. The van der Waals surface area contributed by atoms with Crippen LogP contribution >= 0.6 is 0 Å². The van der Waals surface area contributed by atoms with Crippen molar-refractivity contribution in [1.82, 2.24) is 0 Å².